The van der Waals surface area contributed by atoms with Crippen LogP contribution in [-0.4, -0.2) is 12.4 Å². The van der Waals surface area contributed by atoms with Crippen molar-refractivity contribution in [1.29, 1.82) is 0 Å². The van der Waals surface area contributed by atoms with Crippen LogP contribution in [0.1, 0.15) is 11.1 Å². The Kier molecular flexibility index (Phi) is 4.78. The van der Waals surface area contributed by atoms with Crippen LogP contribution in [0, 0.1) is 13.8 Å². The predicted octanol–water partition coefficient (Wildman–Crippen LogP) is 4.85. The number of benzene rings is 2. The van der Waals surface area contributed by atoms with E-state index in [9.17, 15) is 18.0 Å². The maximum atomic E-state index is 12.1. The molecule has 0 radical (unpaired) electrons. The average Bonchev–Trinajstić information content (AvgIpc) is 2.42. The number of aryl methyl sites for hydroxylation is 2. The van der Waals surface area contributed by atoms with E-state index in [0.29, 0.717) is 11.4 Å². The van der Waals surface area contributed by atoms with E-state index < -0.39 is 12.4 Å². The first-order valence-electron chi connectivity index (χ1n) is 6.74. The molecule has 0 atom stereocenters. The molecule has 0 aliphatic heterocycles. The molecule has 0 saturated heterocycles. The van der Waals surface area contributed by atoms with Gasteiger partial charge in [-0.1, -0.05) is 17.7 Å². The van der Waals surface area contributed by atoms with Crippen LogP contribution in [0.4, 0.5) is 29.3 Å². The van der Waals surface area contributed by atoms with Crippen LogP contribution < -0.4 is 15.4 Å². The Balaban J connectivity index is 1.97. The molecule has 23 heavy (non-hydrogen) atoms. The summed E-state index contributed by atoms with van der Waals surface area (Å²) in [7, 11) is 0. The van der Waals surface area contributed by atoms with Crippen molar-refractivity contribution in [2.45, 2.75) is 20.2 Å². The van der Waals surface area contributed by atoms with E-state index in [1.54, 1.807) is 6.07 Å². The Hall–Kier alpha value is -2.70. The van der Waals surface area contributed by atoms with Crippen molar-refractivity contribution in [3.05, 3.63) is 53.6 Å². The first kappa shape index (κ1) is 16.7. The molecular formula is C16H15F3N2O2. The number of carbonyl (C=O) groups excluding carboxylic acids is 1. The lowest BCUT2D eigenvalue weighted by Crippen LogP contribution is -2.20. The number of carbonyl (C=O) groups is 1. The molecule has 2 N–H and O–H groups in total. The third-order valence-corrected chi connectivity index (χ3v) is 2.98. The SMILES string of the molecule is Cc1ccc(NC(=O)Nc2ccc(OC(F)(F)F)cc2)c(C)c1. The van der Waals surface area contributed by atoms with Crippen LogP contribution >= 0.6 is 0 Å². The number of anilines is 2. The highest BCUT2D eigenvalue weighted by molar-refractivity contribution is 6.00. The van der Waals surface area contributed by atoms with Gasteiger partial charge in [0.25, 0.3) is 0 Å². The summed E-state index contributed by atoms with van der Waals surface area (Å²) >= 11 is 0. The Labute approximate surface area is 131 Å². The number of halogens is 3. The van der Waals surface area contributed by atoms with Gasteiger partial charge in [-0.25, -0.2) is 4.79 Å². The standard InChI is InChI=1S/C16H15F3N2O2/c1-10-3-8-14(11(2)9-10)21-15(22)20-12-4-6-13(7-5-12)23-16(17,18)19/h3-9H,1-2H3,(H2,20,21,22). The molecule has 2 rings (SSSR count). The van der Waals surface area contributed by atoms with Crippen LogP contribution in [0.25, 0.3) is 0 Å². The summed E-state index contributed by atoms with van der Waals surface area (Å²) < 4.78 is 39.9. The van der Waals surface area contributed by atoms with E-state index in [4.69, 9.17) is 0 Å². The van der Waals surface area contributed by atoms with E-state index in [-0.39, 0.29) is 5.75 Å². The zero-order chi connectivity index (χ0) is 17.0. The lowest BCUT2D eigenvalue weighted by atomic mass is 10.1. The molecule has 4 nitrogen and oxygen atoms in total. The average molecular weight is 324 g/mol. The number of rotatable bonds is 3. The van der Waals surface area contributed by atoms with Gasteiger partial charge in [0.1, 0.15) is 5.75 Å². The van der Waals surface area contributed by atoms with Crippen molar-refractivity contribution in [2.24, 2.45) is 0 Å². The normalized spacial score (nSPS) is 11.0. The maximum absolute atomic E-state index is 12.1. The summed E-state index contributed by atoms with van der Waals surface area (Å²) in [6, 6.07) is 9.99. The number of amides is 2. The first-order valence-corrected chi connectivity index (χ1v) is 6.74. The first-order chi connectivity index (χ1) is 10.7. The van der Waals surface area contributed by atoms with Gasteiger partial charge in [-0.15, -0.1) is 13.2 Å². The third-order valence-electron chi connectivity index (χ3n) is 2.98. The van der Waals surface area contributed by atoms with Gasteiger partial charge in [-0.2, -0.15) is 0 Å². The molecule has 122 valence electrons. The number of alkyl halides is 3. The van der Waals surface area contributed by atoms with Crippen LogP contribution in [0.15, 0.2) is 42.5 Å². The highest BCUT2D eigenvalue weighted by atomic mass is 19.4. The minimum absolute atomic E-state index is 0.349. The maximum Gasteiger partial charge on any atom is 0.573 e. The Morgan fingerprint density at radius 3 is 2.22 bits per heavy atom. The van der Waals surface area contributed by atoms with Gasteiger partial charge in [0.15, 0.2) is 0 Å². The van der Waals surface area contributed by atoms with E-state index in [1.807, 2.05) is 26.0 Å². The van der Waals surface area contributed by atoms with Gasteiger partial charge in [0.2, 0.25) is 0 Å². The molecule has 2 aromatic carbocycles. The minimum Gasteiger partial charge on any atom is -0.406 e. The summed E-state index contributed by atoms with van der Waals surface area (Å²) in [5, 5.41) is 5.21. The molecule has 0 bridgehead atoms. The van der Waals surface area contributed by atoms with E-state index in [0.717, 1.165) is 23.3 Å². The summed E-state index contributed by atoms with van der Waals surface area (Å²) in [6.45, 7) is 3.81. The fourth-order valence-corrected chi connectivity index (χ4v) is 1.98. The molecule has 0 fully saturated rings. The largest absolute Gasteiger partial charge is 0.573 e. The lowest BCUT2D eigenvalue weighted by molar-refractivity contribution is -0.274. The number of hydrogen-bond donors (Lipinski definition) is 2. The smallest absolute Gasteiger partial charge is 0.406 e. The number of hydrogen-bond acceptors (Lipinski definition) is 2. The second-order valence-electron chi connectivity index (χ2n) is 4.97. The molecular weight excluding hydrogens is 309 g/mol. The quantitative estimate of drug-likeness (QED) is 0.848. The second kappa shape index (κ2) is 6.60. The van der Waals surface area contributed by atoms with Crippen LogP contribution in [0.5, 0.6) is 5.75 Å². The second-order valence-corrected chi connectivity index (χ2v) is 4.97. The molecule has 7 heteroatoms. The third kappa shape index (κ3) is 5.21. The highest BCUT2D eigenvalue weighted by Crippen LogP contribution is 2.24. The fourth-order valence-electron chi connectivity index (χ4n) is 1.98. The molecule has 0 heterocycles. The van der Waals surface area contributed by atoms with E-state index >= 15 is 0 Å². The molecule has 2 amide bonds. The van der Waals surface area contributed by atoms with Crippen molar-refractivity contribution in [1.82, 2.24) is 0 Å². The van der Waals surface area contributed by atoms with Crippen molar-refractivity contribution in [3.8, 4) is 5.75 Å². The van der Waals surface area contributed by atoms with Crippen molar-refractivity contribution < 1.29 is 22.7 Å². The molecule has 0 spiro atoms. The van der Waals surface area contributed by atoms with Crippen LogP contribution in [0.3, 0.4) is 0 Å². The lowest BCUT2D eigenvalue weighted by Gasteiger charge is -2.12. The Bertz CT molecular complexity index is 697. The summed E-state index contributed by atoms with van der Waals surface area (Å²) in [6.07, 6.45) is -4.74. The predicted molar refractivity (Wildman–Crippen MR) is 81.7 cm³/mol. The van der Waals surface area contributed by atoms with Gasteiger partial charge in [-0.05, 0) is 49.7 Å². The van der Waals surface area contributed by atoms with E-state index in [2.05, 4.69) is 15.4 Å². The van der Waals surface area contributed by atoms with Gasteiger partial charge in [-0.3, -0.25) is 0 Å². The van der Waals surface area contributed by atoms with Crippen molar-refractivity contribution in [2.75, 3.05) is 10.6 Å². The fraction of sp³-hybridized carbons (Fsp3) is 0.188. The Morgan fingerprint density at radius 2 is 1.65 bits per heavy atom. The monoisotopic (exact) mass is 324 g/mol. The van der Waals surface area contributed by atoms with Gasteiger partial charge in [0, 0.05) is 11.4 Å². The molecule has 0 aliphatic rings. The van der Waals surface area contributed by atoms with Gasteiger partial charge in [0.05, 0.1) is 0 Å². The molecule has 0 saturated carbocycles. The minimum atomic E-state index is -4.74. The Morgan fingerprint density at radius 1 is 1.00 bits per heavy atom. The zero-order valence-corrected chi connectivity index (χ0v) is 12.5. The van der Waals surface area contributed by atoms with E-state index in [1.165, 1.54) is 12.1 Å². The number of nitrogens with one attached hydrogen (secondary N) is 2. The number of urea groups is 1. The van der Waals surface area contributed by atoms with Crippen LogP contribution in [0.2, 0.25) is 0 Å². The molecule has 0 aliphatic carbocycles. The van der Waals surface area contributed by atoms with Gasteiger partial charge < -0.3 is 15.4 Å². The zero-order valence-electron chi connectivity index (χ0n) is 12.5. The van der Waals surface area contributed by atoms with Gasteiger partial charge >= 0.3 is 12.4 Å². The topological polar surface area (TPSA) is 50.4 Å². The number of ether oxygens (including phenoxy) is 1. The van der Waals surface area contributed by atoms with Crippen molar-refractivity contribution in [3.63, 3.8) is 0 Å². The molecule has 0 aromatic heterocycles. The molecule has 0 unspecified atom stereocenters. The summed E-state index contributed by atoms with van der Waals surface area (Å²) in [5.74, 6) is -0.349. The summed E-state index contributed by atoms with van der Waals surface area (Å²) in [5.41, 5.74) is 3.00. The summed E-state index contributed by atoms with van der Waals surface area (Å²) in [4.78, 5) is 11.9. The van der Waals surface area contributed by atoms with Crippen molar-refractivity contribution >= 4 is 17.4 Å². The highest BCUT2D eigenvalue weighted by Gasteiger charge is 2.30. The molecule has 2 aromatic rings. The van der Waals surface area contributed by atoms with Crippen LogP contribution in [-0.2, 0) is 0 Å².